The van der Waals surface area contributed by atoms with Crippen molar-refractivity contribution < 1.29 is 18.0 Å². The number of benzene rings is 2. The molecule has 2 rings (SSSR count). The first-order valence-corrected chi connectivity index (χ1v) is 13.0. The van der Waals surface area contributed by atoms with E-state index in [-0.39, 0.29) is 18.4 Å². The maximum absolute atomic E-state index is 13.5. The highest BCUT2D eigenvalue weighted by Crippen LogP contribution is 2.21. The van der Waals surface area contributed by atoms with Gasteiger partial charge in [0.25, 0.3) is 0 Å². The van der Waals surface area contributed by atoms with Crippen LogP contribution in [0.4, 0.5) is 5.69 Å². The standard InChI is InChI=1S/C24H32ClN3O4S/c1-17(2)14-26-24(30)19(4)27(15-20-9-7-6-8-18(20)3)23(29)16-28(33(5,31)32)22-12-10-21(25)11-13-22/h6-13,17,19H,14-16H2,1-5H3,(H,26,30). The third kappa shape index (κ3) is 7.75. The van der Waals surface area contributed by atoms with Crippen molar-refractivity contribution in [1.82, 2.24) is 10.2 Å². The van der Waals surface area contributed by atoms with Gasteiger partial charge in [0.1, 0.15) is 12.6 Å². The summed E-state index contributed by atoms with van der Waals surface area (Å²) in [6.45, 7) is 7.77. The van der Waals surface area contributed by atoms with Gasteiger partial charge in [-0.05, 0) is 55.2 Å². The van der Waals surface area contributed by atoms with Gasteiger partial charge in [0.2, 0.25) is 21.8 Å². The van der Waals surface area contributed by atoms with Crippen LogP contribution in [0.25, 0.3) is 0 Å². The number of sulfonamides is 1. The number of carbonyl (C=O) groups excluding carboxylic acids is 2. The minimum absolute atomic E-state index is 0.181. The van der Waals surface area contributed by atoms with Crippen LogP contribution in [0.1, 0.15) is 31.9 Å². The summed E-state index contributed by atoms with van der Waals surface area (Å²) in [5, 5.41) is 3.31. The van der Waals surface area contributed by atoms with E-state index in [1.54, 1.807) is 31.2 Å². The first-order chi connectivity index (χ1) is 15.4. The lowest BCUT2D eigenvalue weighted by atomic mass is 10.1. The van der Waals surface area contributed by atoms with Crippen LogP contribution in [0.15, 0.2) is 48.5 Å². The third-order valence-corrected chi connectivity index (χ3v) is 6.64. The van der Waals surface area contributed by atoms with Crippen LogP contribution in [0.5, 0.6) is 0 Å². The minimum atomic E-state index is -3.77. The van der Waals surface area contributed by atoms with E-state index in [4.69, 9.17) is 11.6 Å². The van der Waals surface area contributed by atoms with Crippen molar-refractivity contribution in [1.29, 1.82) is 0 Å². The van der Waals surface area contributed by atoms with Crippen LogP contribution < -0.4 is 9.62 Å². The molecule has 0 heterocycles. The molecule has 0 saturated carbocycles. The molecule has 1 unspecified atom stereocenters. The molecule has 0 aliphatic carbocycles. The lowest BCUT2D eigenvalue weighted by Crippen LogP contribution is -2.51. The molecule has 0 radical (unpaired) electrons. The number of carbonyl (C=O) groups is 2. The van der Waals surface area contributed by atoms with E-state index in [0.717, 1.165) is 21.7 Å². The largest absolute Gasteiger partial charge is 0.354 e. The molecular formula is C24H32ClN3O4S. The molecule has 7 nitrogen and oxygen atoms in total. The van der Waals surface area contributed by atoms with Gasteiger partial charge in [-0.25, -0.2) is 8.42 Å². The summed E-state index contributed by atoms with van der Waals surface area (Å²) < 4.78 is 26.0. The molecular weight excluding hydrogens is 462 g/mol. The Morgan fingerprint density at radius 3 is 2.18 bits per heavy atom. The van der Waals surface area contributed by atoms with Gasteiger partial charge in [-0.15, -0.1) is 0 Å². The van der Waals surface area contributed by atoms with E-state index in [2.05, 4.69) is 5.32 Å². The second kappa shape index (κ2) is 11.5. The zero-order chi connectivity index (χ0) is 24.8. The number of anilines is 1. The van der Waals surface area contributed by atoms with Gasteiger partial charge in [0, 0.05) is 18.1 Å². The molecule has 0 spiro atoms. The minimum Gasteiger partial charge on any atom is -0.354 e. The van der Waals surface area contributed by atoms with Gasteiger partial charge in [-0.2, -0.15) is 0 Å². The number of nitrogens with one attached hydrogen (secondary N) is 1. The number of halogens is 1. The monoisotopic (exact) mass is 493 g/mol. The van der Waals surface area contributed by atoms with Crippen LogP contribution in [0.3, 0.4) is 0 Å². The number of nitrogens with zero attached hydrogens (tertiary/aromatic N) is 2. The number of hydrogen-bond acceptors (Lipinski definition) is 4. The van der Waals surface area contributed by atoms with Crippen LogP contribution >= 0.6 is 11.6 Å². The van der Waals surface area contributed by atoms with Gasteiger partial charge in [0.15, 0.2) is 0 Å². The first-order valence-electron chi connectivity index (χ1n) is 10.7. The highest BCUT2D eigenvalue weighted by Gasteiger charge is 2.30. The number of rotatable bonds is 10. The molecule has 1 N–H and O–H groups in total. The van der Waals surface area contributed by atoms with E-state index in [1.807, 2.05) is 45.0 Å². The molecule has 2 amide bonds. The highest BCUT2D eigenvalue weighted by molar-refractivity contribution is 7.92. The lowest BCUT2D eigenvalue weighted by Gasteiger charge is -2.32. The van der Waals surface area contributed by atoms with Crippen LogP contribution in [-0.2, 0) is 26.2 Å². The van der Waals surface area contributed by atoms with Gasteiger partial charge >= 0.3 is 0 Å². The van der Waals surface area contributed by atoms with Gasteiger partial charge in [-0.1, -0.05) is 49.7 Å². The van der Waals surface area contributed by atoms with Crippen molar-refractivity contribution in [2.24, 2.45) is 5.92 Å². The molecule has 9 heteroatoms. The fourth-order valence-corrected chi connectivity index (χ4v) is 4.20. The second-order valence-corrected chi connectivity index (χ2v) is 10.9. The molecule has 0 aliphatic rings. The third-order valence-electron chi connectivity index (χ3n) is 5.25. The fraction of sp³-hybridized carbons (Fsp3) is 0.417. The van der Waals surface area contributed by atoms with Gasteiger partial charge < -0.3 is 10.2 Å². The Kier molecular flexibility index (Phi) is 9.31. The molecule has 0 aromatic heterocycles. The molecule has 33 heavy (non-hydrogen) atoms. The second-order valence-electron chi connectivity index (χ2n) is 8.51. The lowest BCUT2D eigenvalue weighted by molar-refractivity contribution is -0.139. The molecule has 0 fully saturated rings. The molecule has 2 aromatic carbocycles. The quantitative estimate of drug-likeness (QED) is 0.547. The van der Waals surface area contributed by atoms with Crippen LogP contribution in [0, 0.1) is 12.8 Å². The Balaban J connectivity index is 2.36. The Labute approximate surface area is 201 Å². The highest BCUT2D eigenvalue weighted by atomic mass is 35.5. The van der Waals surface area contributed by atoms with Crippen molar-refractivity contribution in [3.8, 4) is 0 Å². The predicted octanol–water partition coefficient (Wildman–Crippen LogP) is 3.60. The van der Waals surface area contributed by atoms with E-state index in [9.17, 15) is 18.0 Å². The van der Waals surface area contributed by atoms with E-state index < -0.39 is 28.5 Å². The maximum atomic E-state index is 13.5. The van der Waals surface area contributed by atoms with Gasteiger partial charge in [-0.3, -0.25) is 13.9 Å². The van der Waals surface area contributed by atoms with Crippen molar-refractivity contribution in [3.05, 3.63) is 64.7 Å². The molecule has 180 valence electrons. The van der Waals surface area contributed by atoms with E-state index in [1.165, 1.54) is 4.90 Å². The first kappa shape index (κ1) is 26.7. The summed E-state index contributed by atoms with van der Waals surface area (Å²) in [4.78, 5) is 27.7. The zero-order valence-electron chi connectivity index (χ0n) is 19.7. The fourth-order valence-electron chi connectivity index (χ4n) is 3.23. The van der Waals surface area contributed by atoms with Crippen molar-refractivity contribution in [3.63, 3.8) is 0 Å². The van der Waals surface area contributed by atoms with Crippen LogP contribution in [0.2, 0.25) is 5.02 Å². The van der Waals surface area contributed by atoms with E-state index >= 15 is 0 Å². The average Bonchev–Trinajstić information content (AvgIpc) is 2.74. The Bertz CT molecular complexity index is 1070. The normalized spacial score (nSPS) is 12.3. The molecule has 0 saturated heterocycles. The molecule has 0 bridgehead atoms. The smallest absolute Gasteiger partial charge is 0.244 e. The zero-order valence-corrected chi connectivity index (χ0v) is 21.3. The van der Waals surface area contributed by atoms with Crippen molar-refractivity contribution in [2.75, 3.05) is 23.7 Å². The summed E-state index contributed by atoms with van der Waals surface area (Å²) in [7, 11) is -3.77. The number of hydrogen-bond donors (Lipinski definition) is 1. The maximum Gasteiger partial charge on any atom is 0.244 e. The van der Waals surface area contributed by atoms with Crippen molar-refractivity contribution >= 4 is 39.1 Å². The topological polar surface area (TPSA) is 86.8 Å². The Morgan fingerprint density at radius 2 is 1.64 bits per heavy atom. The predicted molar refractivity (Wildman–Crippen MR) is 133 cm³/mol. The molecule has 1 atom stereocenters. The number of amides is 2. The van der Waals surface area contributed by atoms with Gasteiger partial charge in [0.05, 0.1) is 11.9 Å². The summed E-state index contributed by atoms with van der Waals surface area (Å²) in [6, 6.07) is 13.0. The molecule has 2 aromatic rings. The Morgan fingerprint density at radius 1 is 1.03 bits per heavy atom. The number of aryl methyl sites for hydroxylation is 1. The SMILES string of the molecule is Cc1ccccc1CN(C(=O)CN(c1ccc(Cl)cc1)S(C)(=O)=O)C(C)C(=O)NCC(C)C. The summed E-state index contributed by atoms with van der Waals surface area (Å²) in [6.07, 6.45) is 1.04. The van der Waals surface area contributed by atoms with Crippen LogP contribution in [-0.4, -0.2) is 50.5 Å². The summed E-state index contributed by atoms with van der Waals surface area (Å²) in [5.74, 6) is -0.513. The Hall–Kier alpha value is -2.58. The average molecular weight is 494 g/mol. The van der Waals surface area contributed by atoms with Crippen molar-refractivity contribution in [2.45, 2.75) is 40.3 Å². The molecule has 0 aliphatic heterocycles. The van der Waals surface area contributed by atoms with E-state index in [0.29, 0.717) is 17.3 Å². The summed E-state index contributed by atoms with van der Waals surface area (Å²) >= 11 is 5.93. The summed E-state index contributed by atoms with van der Waals surface area (Å²) in [5.41, 5.74) is 2.18.